The van der Waals surface area contributed by atoms with E-state index >= 15 is 0 Å². The van der Waals surface area contributed by atoms with Crippen molar-refractivity contribution < 1.29 is 4.79 Å². The number of benzene rings is 1. The summed E-state index contributed by atoms with van der Waals surface area (Å²) >= 11 is 1.49. The lowest BCUT2D eigenvalue weighted by molar-refractivity contribution is 0.102. The van der Waals surface area contributed by atoms with Crippen LogP contribution in [0.4, 0.5) is 0 Å². The van der Waals surface area contributed by atoms with Crippen LogP contribution < -0.4 is 0 Å². The summed E-state index contributed by atoms with van der Waals surface area (Å²) in [5.74, 6) is 2.70. The largest absolute Gasteiger partial charge is 0.306 e. The second-order valence-electron chi connectivity index (χ2n) is 6.35. The van der Waals surface area contributed by atoms with Crippen LogP contribution in [0.5, 0.6) is 0 Å². The summed E-state index contributed by atoms with van der Waals surface area (Å²) in [5.41, 5.74) is 2.03. The van der Waals surface area contributed by atoms with E-state index in [1.807, 2.05) is 24.3 Å². The maximum absolute atomic E-state index is 12.4. The summed E-state index contributed by atoms with van der Waals surface area (Å²) in [6.45, 7) is 7.27. The maximum atomic E-state index is 12.4. The van der Waals surface area contributed by atoms with E-state index in [4.69, 9.17) is 0 Å². The van der Waals surface area contributed by atoms with E-state index in [2.05, 4.69) is 35.5 Å². The van der Waals surface area contributed by atoms with Gasteiger partial charge in [-0.1, -0.05) is 49.9 Å². The molecule has 122 valence electrons. The molecular weight excluding hydrogens is 306 g/mol. The molecule has 0 spiro atoms. The Morgan fingerprint density at radius 2 is 1.96 bits per heavy atom. The zero-order valence-corrected chi connectivity index (χ0v) is 14.8. The quantitative estimate of drug-likeness (QED) is 0.562. The lowest BCUT2D eigenvalue weighted by atomic mass is 10.0. The fourth-order valence-corrected chi connectivity index (χ4v) is 3.52. The smallest absolute Gasteiger partial charge is 0.191 e. The van der Waals surface area contributed by atoms with Gasteiger partial charge < -0.3 is 4.57 Å². The summed E-state index contributed by atoms with van der Waals surface area (Å²) in [5, 5.41) is 9.45. The second kappa shape index (κ2) is 6.87. The number of ketones is 1. The zero-order valence-electron chi connectivity index (χ0n) is 14.0. The van der Waals surface area contributed by atoms with Crippen molar-refractivity contribution in [2.24, 2.45) is 0 Å². The molecule has 0 saturated heterocycles. The predicted octanol–water partition coefficient (Wildman–Crippen LogP) is 4.27. The van der Waals surface area contributed by atoms with Crippen LogP contribution >= 0.6 is 11.8 Å². The first kappa shape index (κ1) is 16.2. The van der Waals surface area contributed by atoms with Crippen molar-refractivity contribution in [1.82, 2.24) is 14.8 Å². The van der Waals surface area contributed by atoms with Gasteiger partial charge in [-0.05, 0) is 31.2 Å². The van der Waals surface area contributed by atoms with Crippen molar-refractivity contribution in [3.8, 4) is 0 Å². The highest BCUT2D eigenvalue weighted by molar-refractivity contribution is 7.99. The van der Waals surface area contributed by atoms with Gasteiger partial charge in [-0.15, -0.1) is 10.2 Å². The number of Topliss-reactive ketones (excluding diaryl/α,β-unsaturated/α-hetero) is 1. The van der Waals surface area contributed by atoms with Gasteiger partial charge in [-0.3, -0.25) is 4.79 Å². The van der Waals surface area contributed by atoms with Gasteiger partial charge in [0.1, 0.15) is 5.82 Å². The number of aromatic nitrogens is 3. The first-order valence-electron chi connectivity index (χ1n) is 8.29. The van der Waals surface area contributed by atoms with E-state index in [1.54, 1.807) is 0 Å². The molecule has 0 atom stereocenters. The van der Waals surface area contributed by atoms with Gasteiger partial charge in [-0.2, -0.15) is 0 Å². The molecule has 4 nitrogen and oxygen atoms in total. The molecule has 23 heavy (non-hydrogen) atoms. The molecule has 1 aromatic heterocycles. The fraction of sp³-hybridized carbons (Fsp3) is 0.500. The molecule has 0 N–H and O–H groups in total. The SMILES string of the molecule is CCn1c(SCC(=O)c2ccc(C(C)C)cc2)nnc1C1CC1. The Hall–Kier alpha value is -1.62. The molecule has 3 rings (SSSR count). The summed E-state index contributed by atoms with van der Waals surface area (Å²) in [6, 6.07) is 7.95. The molecule has 1 aliphatic rings. The van der Waals surface area contributed by atoms with Crippen LogP contribution in [0.3, 0.4) is 0 Å². The second-order valence-corrected chi connectivity index (χ2v) is 7.29. The monoisotopic (exact) mass is 329 g/mol. The van der Waals surface area contributed by atoms with Crippen LogP contribution in [0.15, 0.2) is 29.4 Å². The minimum atomic E-state index is 0.143. The molecule has 1 aromatic carbocycles. The van der Waals surface area contributed by atoms with Crippen molar-refractivity contribution >= 4 is 17.5 Å². The van der Waals surface area contributed by atoms with Crippen molar-refractivity contribution in [3.05, 3.63) is 41.2 Å². The highest BCUT2D eigenvalue weighted by Gasteiger charge is 2.30. The Morgan fingerprint density at radius 3 is 2.52 bits per heavy atom. The number of rotatable bonds is 7. The highest BCUT2D eigenvalue weighted by Crippen LogP contribution is 2.40. The third-order valence-electron chi connectivity index (χ3n) is 4.24. The minimum Gasteiger partial charge on any atom is -0.306 e. The van der Waals surface area contributed by atoms with Gasteiger partial charge in [0.15, 0.2) is 10.9 Å². The Kier molecular flexibility index (Phi) is 4.85. The number of carbonyl (C=O) groups is 1. The Morgan fingerprint density at radius 1 is 1.26 bits per heavy atom. The van der Waals surface area contributed by atoms with E-state index in [0.29, 0.717) is 17.6 Å². The molecule has 0 aliphatic heterocycles. The molecule has 1 fully saturated rings. The topological polar surface area (TPSA) is 47.8 Å². The van der Waals surface area contributed by atoms with Crippen molar-refractivity contribution in [2.75, 3.05) is 5.75 Å². The molecule has 1 heterocycles. The van der Waals surface area contributed by atoms with E-state index in [-0.39, 0.29) is 5.78 Å². The van der Waals surface area contributed by atoms with Crippen molar-refractivity contribution in [1.29, 1.82) is 0 Å². The van der Waals surface area contributed by atoms with Crippen LogP contribution in [0.25, 0.3) is 0 Å². The normalized spacial score (nSPS) is 14.4. The first-order chi connectivity index (χ1) is 11.1. The van der Waals surface area contributed by atoms with Crippen LogP contribution in [-0.4, -0.2) is 26.3 Å². The van der Waals surface area contributed by atoms with E-state index < -0.39 is 0 Å². The molecule has 5 heteroatoms. The first-order valence-corrected chi connectivity index (χ1v) is 9.27. The van der Waals surface area contributed by atoms with E-state index in [9.17, 15) is 4.79 Å². The molecule has 0 amide bonds. The van der Waals surface area contributed by atoms with E-state index in [1.165, 1.54) is 30.2 Å². The minimum absolute atomic E-state index is 0.143. The Balaban J connectivity index is 1.64. The molecule has 0 bridgehead atoms. The van der Waals surface area contributed by atoms with Crippen molar-refractivity contribution in [2.45, 2.75) is 57.1 Å². The van der Waals surface area contributed by atoms with Crippen LogP contribution in [0, 0.1) is 0 Å². The average molecular weight is 329 g/mol. The lowest BCUT2D eigenvalue weighted by Crippen LogP contribution is -2.06. The Labute approximate surface area is 141 Å². The van der Waals surface area contributed by atoms with Gasteiger partial charge in [0.2, 0.25) is 0 Å². The summed E-state index contributed by atoms with van der Waals surface area (Å²) in [6.07, 6.45) is 2.42. The van der Waals surface area contributed by atoms with Crippen LogP contribution in [0.1, 0.15) is 67.2 Å². The number of hydrogen-bond acceptors (Lipinski definition) is 4. The lowest BCUT2D eigenvalue weighted by Gasteiger charge is -2.07. The van der Waals surface area contributed by atoms with E-state index in [0.717, 1.165) is 23.1 Å². The zero-order chi connectivity index (χ0) is 16.4. The molecule has 1 saturated carbocycles. The Bertz CT molecular complexity index is 687. The summed E-state index contributed by atoms with van der Waals surface area (Å²) in [4.78, 5) is 12.4. The molecule has 0 unspecified atom stereocenters. The molecular formula is C18H23N3OS. The third kappa shape index (κ3) is 3.66. The highest BCUT2D eigenvalue weighted by atomic mass is 32.2. The standard InChI is InChI=1S/C18H23N3OS/c1-4-21-17(15-9-10-15)19-20-18(21)23-11-16(22)14-7-5-13(6-8-14)12(2)3/h5-8,12,15H,4,9-11H2,1-3H3. The molecule has 2 aromatic rings. The van der Waals surface area contributed by atoms with Crippen LogP contribution in [-0.2, 0) is 6.54 Å². The van der Waals surface area contributed by atoms with Crippen molar-refractivity contribution in [3.63, 3.8) is 0 Å². The third-order valence-corrected chi connectivity index (χ3v) is 5.20. The number of thioether (sulfide) groups is 1. The van der Waals surface area contributed by atoms with Crippen LogP contribution in [0.2, 0.25) is 0 Å². The van der Waals surface area contributed by atoms with Gasteiger partial charge in [0, 0.05) is 18.0 Å². The predicted molar refractivity (Wildman–Crippen MR) is 93.3 cm³/mol. The number of hydrogen-bond donors (Lipinski definition) is 0. The van der Waals surface area contributed by atoms with Gasteiger partial charge in [-0.25, -0.2) is 0 Å². The van der Waals surface area contributed by atoms with Gasteiger partial charge in [0.05, 0.1) is 5.75 Å². The number of carbonyl (C=O) groups excluding carboxylic acids is 1. The molecule has 0 radical (unpaired) electrons. The molecule has 1 aliphatic carbocycles. The average Bonchev–Trinajstić information content (AvgIpc) is 3.32. The number of nitrogens with zero attached hydrogens (tertiary/aromatic N) is 3. The van der Waals surface area contributed by atoms with Gasteiger partial charge >= 0.3 is 0 Å². The fourth-order valence-electron chi connectivity index (χ4n) is 2.61. The summed E-state index contributed by atoms with van der Waals surface area (Å²) in [7, 11) is 0. The van der Waals surface area contributed by atoms with Gasteiger partial charge in [0.25, 0.3) is 0 Å². The summed E-state index contributed by atoms with van der Waals surface area (Å²) < 4.78 is 2.15. The maximum Gasteiger partial charge on any atom is 0.191 e.